The van der Waals surface area contributed by atoms with Crippen molar-refractivity contribution >= 4 is 23.4 Å². The number of carbonyl (C=O) groups excluding carboxylic acids is 2. The Morgan fingerprint density at radius 1 is 1.20 bits per heavy atom. The number of anilines is 2. The maximum atomic E-state index is 12.6. The van der Waals surface area contributed by atoms with Gasteiger partial charge in [-0.05, 0) is 49.9 Å². The van der Waals surface area contributed by atoms with Gasteiger partial charge in [-0.2, -0.15) is 0 Å². The number of pyridine rings is 1. The second-order valence-electron chi connectivity index (χ2n) is 6.58. The molecule has 1 unspecified atom stereocenters. The third-order valence-electron chi connectivity index (χ3n) is 4.83. The molecule has 1 atom stereocenters. The number of hydrogen-bond donors (Lipinski definition) is 2. The van der Waals surface area contributed by atoms with E-state index in [0.29, 0.717) is 17.1 Å². The second kappa shape index (κ2) is 6.20. The minimum Gasteiger partial charge on any atom is -0.331 e. The number of aryl methyl sites for hydroxylation is 1. The highest BCUT2D eigenvalue weighted by Gasteiger charge is 2.39. The highest BCUT2D eigenvalue weighted by molar-refractivity contribution is 6.04. The minimum atomic E-state index is -0.355. The van der Waals surface area contributed by atoms with Crippen LogP contribution in [0.25, 0.3) is 0 Å². The zero-order valence-corrected chi connectivity index (χ0v) is 14.1. The van der Waals surface area contributed by atoms with Crippen LogP contribution < -0.4 is 10.6 Å². The molecule has 1 saturated heterocycles. The summed E-state index contributed by atoms with van der Waals surface area (Å²) in [6.07, 6.45) is 4.78. The first kappa shape index (κ1) is 15.6. The van der Waals surface area contributed by atoms with E-state index in [1.807, 2.05) is 36.1 Å². The average Bonchev–Trinajstić information content (AvgIpc) is 2.91. The van der Waals surface area contributed by atoms with Crippen molar-refractivity contribution in [1.29, 1.82) is 0 Å². The van der Waals surface area contributed by atoms with Crippen molar-refractivity contribution in [1.82, 2.24) is 9.88 Å². The van der Waals surface area contributed by atoms with Gasteiger partial charge in [0.1, 0.15) is 5.82 Å². The van der Waals surface area contributed by atoms with Gasteiger partial charge in [0.05, 0.1) is 6.04 Å². The average molecular weight is 336 g/mol. The molecular weight excluding hydrogens is 316 g/mol. The van der Waals surface area contributed by atoms with Gasteiger partial charge in [-0.15, -0.1) is 0 Å². The molecule has 6 heteroatoms. The molecular formula is C19H20N4O2. The predicted octanol–water partition coefficient (Wildman–Crippen LogP) is 3.71. The molecule has 0 radical (unpaired) electrons. The van der Waals surface area contributed by atoms with Crippen molar-refractivity contribution < 1.29 is 9.59 Å². The van der Waals surface area contributed by atoms with E-state index in [4.69, 9.17) is 0 Å². The van der Waals surface area contributed by atoms with Crippen LogP contribution in [0.15, 0.2) is 36.5 Å². The molecule has 2 N–H and O–H groups in total. The number of nitrogens with one attached hydrogen (secondary N) is 2. The zero-order valence-electron chi connectivity index (χ0n) is 14.1. The van der Waals surface area contributed by atoms with Crippen LogP contribution in [0.1, 0.15) is 46.8 Å². The molecule has 6 nitrogen and oxygen atoms in total. The van der Waals surface area contributed by atoms with Gasteiger partial charge < -0.3 is 10.2 Å². The highest BCUT2D eigenvalue weighted by Crippen LogP contribution is 2.43. The third kappa shape index (κ3) is 2.84. The van der Waals surface area contributed by atoms with E-state index in [1.165, 1.54) is 0 Å². The van der Waals surface area contributed by atoms with Crippen LogP contribution in [-0.4, -0.2) is 28.4 Å². The normalized spacial score (nSPS) is 18.5. The number of hydrogen-bond acceptors (Lipinski definition) is 3. The maximum Gasteiger partial charge on any atom is 0.324 e. The quantitative estimate of drug-likeness (QED) is 0.878. The Kier molecular flexibility index (Phi) is 3.87. The van der Waals surface area contributed by atoms with Crippen molar-refractivity contribution in [2.75, 3.05) is 17.2 Å². The van der Waals surface area contributed by atoms with Crippen LogP contribution in [0.3, 0.4) is 0 Å². The Hall–Kier alpha value is -2.89. The molecule has 0 saturated carbocycles. The number of nitrogens with zero attached hydrogens (tertiary/aromatic N) is 2. The SMILES string of the molecule is Cc1ccc(NC(=O)Nc2cccc3c2C2CCCCN2C3=O)nc1. The molecule has 128 valence electrons. The molecule has 2 aliphatic rings. The van der Waals surface area contributed by atoms with Crippen molar-refractivity contribution in [2.45, 2.75) is 32.2 Å². The predicted molar refractivity (Wildman–Crippen MR) is 95.7 cm³/mol. The van der Waals surface area contributed by atoms with E-state index in [0.717, 1.165) is 36.9 Å². The number of rotatable bonds is 2. The van der Waals surface area contributed by atoms with Crippen molar-refractivity contribution in [3.8, 4) is 0 Å². The largest absolute Gasteiger partial charge is 0.331 e. The molecule has 1 fully saturated rings. The van der Waals surface area contributed by atoms with E-state index in [1.54, 1.807) is 12.3 Å². The topological polar surface area (TPSA) is 74.3 Å². The fraction of sp³-hybridized carbons (Fsp3) is 0.316. The Labute approximate surface area is 146 Å². The fourth-order valence-electron chi connectivity index (χ4n) is 3.66. The number of piperidine rings is 1. The van der Waals surface area contributed by atoms with Gasteiger partial charge in [0.25, 0.3) is 5.91 Å². The zero-order chi connectivity index (χ0) is 17.4. The van der Waals surface area contributed by atoms with Crippen molar-refractivity contribution in [3.63, 3.8) is 0 Å². The van der Waals surface area contributed by atoms with Gasteiger partial charge in [-0.25, -0.2) is 9.78 Å². The van der Waals surface area contributed by atoms with Gasteiger partial charge in [-0.1, -0.05) is 12.1 Å². The molecule has 2 aliphatic heterocycles. The lowest BCUT2D eigenvalue weighted by atomic mass is 9.96. The Morgan fingerprint density at radius 3 is 2.88 bits per heavy atom. The van der Waals surface area contributed by atoms with E-state index < -0.39 is 0 Å². The summed E-state index contributed by atoms with van der Waals surface area (Å²) in [6, 6.07) is 8.89. The van der Waals surface area contributed by atoms with E-state index in [9.17, 15) is 9.59 Å². The molecule has 25 heavy (non-hydrogen) atoms. The maximum absolute atomic E-state index is 12.6. The van der Waals surface area contributed by atoms with Crippen LogP contribution in [0.5, 0.6) is 0 Å². The van der Waals surface area contributed by atoms with E-state index >= 15 is 0 Å². The van der Waals surface area contributed by atoms with Crippen molar-refractivity contribution in [2.24, 2.45) is 0 Å². The minimum absolute atomic E-state index is 0.0731. The smallest absolute Gasteiger partial charge is 0.324 e. The van der Waals surface area contributed by atoms with Crippen LogP contribution >= 0.6 is 0 Å². The van der Waals surface area contributed by atoms with Crippen LogP contribution in [0.2, 0.25) is 0 Å². The van der Waals surface area contributed by atoms with Gasteiger partial charge >= 0.3 is 6.03 Å². The summed E-state index contributed by atoms with van der Waals surface area (Å²) >= 11 is 0. The first-order valence-electron chi connectivity index (χ1n) is 8.58. The molecule has 3 heterocycles. The van der Waals surface area contributed by atoms with Crippen molar-refractivity contribution in [3.05, 3.63) is 53.2 Å². The molecule has 1 aromatic heterocycles. The summed E-state index contributed by atoms with van der Waals surface area (Å²) in [5, 5.41) is 5.62. The van der Waals surface area contributed by atoms with E-state index in [-0.39, 0.29) is 18.0 Å². The molecule has 0 aliphatic carbocycles. The summed E-state index contributed by atoms with van der Waals surface area (Å²) in [6.45, 7) is 2.73. The number of amides is 3. The van der Waals surface area contributed by atoms with Gasteiger partial charge in [0, 0.05) is 29.6 Å². The first-order chi connectivity index (χ1) is 12.1. The lowest BCUT2D eigenvalue weighted by Gasteiger charge is -2.30. The van der Waals surface area contributed by atoms with Gasteiger partial charge in [0.15, 0.2) is 0 Å². The van der Waals surface area contributed by atoms with Gasteiger partial charge in [0.2, 0.25) is 0 Å². The molecule has 0 bridgehead atoms. The monoisotopic (exact) mass is 336 g/mol. The van der Waals surface area contributed by atoms with E-state index in [2.05, 4.69) is 15.6 Å². The molecule has 3 amide bonds. The Morgan fingerprint density at radius 2 is 2.08 bits per heavy atom. The first-order valence-corrected chi connectivity index (χ1v) is 8.58. The molecule has 2 aromatic rings. The summed E-state index contributed by atoms with van der Waals surface area (Å²) in [5.41, 5.74) is 3.38. The molecule has 1 aromatic carbocycles. The number of benzene rings is 1. The van der Waals surface area contributed by atoms with Crippen LogP contribution in [0, 0.1) is 6.92 Å². The van der Waals surface area contributed by atoms with Crippen LogP contribution in [-0.2, 0) is 0 Å². The summed E-state index contributed by atoms with van der Waals surface area (Å²) < 4.78 is 0. The highest BCUT2D eigenvalue weighted by atomic mass is 16.2. The fourth-order valence-corrected chi connectivity index (χ4v) is 3.66. The van der Waals surface area contributed by atoms with Gasteiger partial charge in [-0.3, -0.25) is 10.1 Å². The third-order valence-corrected chi connectivity index (χ3v) is 4.83. The second-order valence-corrected chi connectivity index (χ2v) is 6.58. The number of fused-ring (bicyclic) bond motifs is 3. The summed E-state index contributed by atoms with van der Waals surface area (Å²) in [5.74, 6) is 0.565. The lowest BCUT2D eigenvalue weighted by molar-refractivity contribution is 0.0672. The standard InChI is InChI=1S/C19H20N4O2/c1-12-8-9-16(20-11-12)22-19(25)21-14-6-4-5-13-17(14)15-7-2-3-10-23(15)18(13)24/h4-6,8-9,11,15H,2-3,7,10H2,1H3,(H2,20,21,22,25). The summed E-state index contributed by atoms with van der Waals surface area (Å²) in [4.78, 5) is 31.0. The summed E-state index contributed by atoms with van der Waals surface area (Å²) in [7, 11) is 0. The molecule has 4 rings (SSSR count). The lowest BCUT2D eigenvalue weighted by Crippen LogP contribution is -2.32. The number of aromatic nitrogens is 1. The Balaban J connectivity index is 1.57. The number of carbonyl (C=O) groups is 2. The Bertz CT molecular complexity index is 832. The molecule has 0 spiro atoms. The number of urea groups is 1. The van der Waals surface area contributed by atoms with Crippen LogP contribution in [0.4, 0.5) is 16.3 Å².